The molecule has 0 atom stereocenters. The molecule has 0 spiro atoms. The van der Waals surface area contributed by atoms with Gasteiger partial charge in [0.05, 0.1) is 4.92 Å². The molecule has 6 heteroatoms. The van der Waals surface area contributed by atoms with Crippen LogP contribution in [0.15, 0.2) is 22.7 Å². The first-order valence-corrected chi connectivity index (χ1v) is 7.49. The van der Waals surface area contributed by atoms with E-state index in [1.165, 1.54) is 0 Å². The first-order chi connectivity index (χ1) is 9.30. The number of nitro benzene ring substituents is 1. The normalized spacial score (nSPS) is 11.4. The number of anilines is 1. The van der Waals surface area contributed by atoms with Crippen molar-refractivity contribution in [3.8, 4) is 0 Å². The van der Waals surface area contributed by atoms with E-state index in [9.17, 15) is 10.1 Å². The molecule has 0 radical (unpaired) electrons. The number of rotatable bonds is 7. The summed E-state index contributed by atoms with van der Waals surface area (Å²) in [6.45, 7) is 8.21. The maximum atomic E-state index is 11.3. The van der Waals surface area contributed by atoms with Crippen LogP contribution < -0.4 is 10.6 Å². The predicted molar refractivity (Wildman–Crippen MR) is 86.1 cm³/mol. The maximum Gasteiger partial charge on any atom is 0.293 e. The molecule has 0 aliphatic rings. The smallest absolute Gasteiger partial charge is 0.293 e. The topological polar surface area (TPSA) is 72.4 Å². The van der Waals surface area contributed by atoms with Crippen LogP contribution in [0, 0.1) is 15.5 Å². The molecule has 0 heterocycles. The molecule has 0 fully saturated rings. The van der Waals surface area contributed by atoms with Gasteiger partial charge in [0.2, 0.25) is 0 Å². The van der Waals surface area contributed by atoms with Crippen LogP contribution in [-0.4, -0.2) is 24.6 Å². The standard InChI is InChI=1S/C14H22BrN3O2/c1-4-7-17(10-14(2,3)9-16)12-6-5-11(15)8-13(12)18(19)20/h5-6,8H,4,7,9-10,16H2,1-3H3. The zero-order valence-corrected chi connectivity index (χ0v) is 13.8. The van der Waals surface area contributed by atoms with Crippen molar-refractivity contribution in [2.45, 2.75) is 27.2 Å². The van der Waals surface area contributed by atoms with Crippen molar-refractivity contribution in [1.82, 2.24) is 0 Å². The Bertz CT molecular complexity index is 477. The van der Waals surface area contributed by atoms with E-state index in [-0.39, 0.29) is 16.0 Å². The van der Waals surface area contributed by atoms with E-state index in [4.69, 9.17) is 5.73 Å². The molecule has 0 amide bonds. The van der Waals surface area contributed by atoms with Crippen LogP contribution in [0.25, 0.3) is 0 Å². The SMILES string of the molecule is CCCN(CC(C)(C)CN)c1ccc(Br)cc1[N+](=O)[O-]. The van der Waals surface area contributed by atoms with Crippen LogP contribution >= 0.6 is 15.9 Å². The van der Waals surface area contributed by atoms with Crippen molar-refractivity contribution in [2.75, 3.05) is 24.5 Å². The summed E-state index contributed by atoms with van der Waals surface area (Å²) >= 11 is 3.28. The minimum Gasteiger partial charge on any atom is -0.365 e. The molecule has 5 nitrogen and oxygen atoms in total. The van der Waals surface area contributed by atoms with Gasteiger partial charge in [-0.3, -0.25) is 10.1 Å². The highest BCUT2D eigenvalue weighted by Gasteiger charge is 2.25. The fourth-order valence-corrected chi connectivity index (χ4v) is 2.40. The van der Waals surface area contributed by atoms with Gasteiger partial charge in [-0.15, -0.1) is 0 Å². The molecule has 0 bridgehead atoms. The Hall–Kier alpha value is -1.14. The van der Waals surface area contributed by atoms with E-state index in [1.807, 2.05) is 6.07 Å². The maximum absolute atomic E-state index is 11.3. The molecule has 1 rings (SSSR count). The highest BCUT2D eigenvalue weighted by atomic mass is 79.9. The molecule has 0 aliphatic heterocycles. The summed E-state index contributed by atoms with van der Waals surface area (Å²) in [6, 6.07) is 5.18. The average Bonchev–Trinajstić information content (AvgIpc) is 2.38. The lowest BCUT2D eigenvalue weighted by Gasteiger charge is -2.33. The molecule has 0 aromatic heterocycles. The van der Waals surface area contributed by atoms with Gasteiger partial charge in [0.15, 0.2) is 0 Å². The summed E-state index contributed by atoms with van der Waals surface area (Å²) in [4.78, 5) is 13.0. The highest BCUT2D eigenvalue weighted by molar-refractivity contribution is 9.10. The minimum absolute atomic E-state index is 0.0872. The van der Waals surface area contributed by atoms with Crippen molar-refractivity contribution in [2.24, 2.45) is 11.1 Å². The molecule has 0 saturated carbocycles. The number of halogens is 1. The van der Waals surface area contributed by atoms with Crippen molar-refractivity contribution in [3.63, 3.8) is 0 Å². The lowest BCUT2D eigenvalue weighted by Crippen LogP contribution is -2.39. The molecular formula is C14H22BrN3O2. The minimum atomic E-state index is -0.335. The molecule has 2 N–H and O–H groups in total. The van der Waals surface area contributed by atoms with Gasteiger partial charge in [-0.25, -0.2) is 0 Å². The number of nitro groups is 1. The second-order valence-corrected chi connectivity index (χ2v) is 6.60. The second kappa shape index (κ2) is 7.04. The van der Waals surface area contributed by atoms with Crippen LogP contribution in [-0.2, 0) is 0 Å². The first kappa shape index (κ1) is 16.9. The Morgan fingerprint density at radius 1 is 1.45 bits per heavy atom. The van der Waals surface area contributed by atoms with Crippen molar-refractivity contribution in [3.05, 3.63) is 32.8 Å². The second-order valence-electron chi connectivity index (χ2n) is 5.68. The van der Waals surface area contributed by atoms with Gasteiger partial charge in [0.1, 0.15) is 5.69 Å². The van der Waals surface area contributed by atoms with Crippen LogP contribution in [0.1, 0.15) is 27.2 Å². The Morgan fingerprint density at radius 2 is 2.10 bits per heavy atom. The third kappa shape index (κ3) is 4.45. The van der Waals surface area contributed by atoms with Crippen LogP contribution in [0.5, 0.6) is 0 Å². The van der Waals surface area contributed by atoms with Gasteiger partial charge in [-0.1, -0.05) is 36.7 Å². The number of benzene rings is 1. The van der Waals surface area contributed by atoms with E-state index >= 15 is 0 Å². The van der Waals surface area contributed by atoms with Crippen LogP contribution in [0.3, 0.4) is 0 Å². The van der Waals surface area contributed by atoms with Gasteiger partial charge in [0, 0.05) is 23.6 Å². The largest absolute Gasteiger partial charge is 0.365 e. The Kier molecular flexibility index (Phi) is 5.95. The van der Waals surface area contributed by atoms with Crippen LogP contribution in [0.2, 0.25) is 0 Å². The molecule has 0 unspecified atom stereocenters. The molecule has 1 aromatic carbocycles. The van der Waals surface area contributed by atoms with Crippen molar-refractivity contribution < 1.29 is 4.92 Å². The fourth-order valence-electron chi connectivity index (χ4n) is 2.05. The lowest BCUT2D eigenvalue weighted by atomic mass is 9.92. The third-order valence-corrected chi connectivity index (χ3v) is 3.63. The molecule has 1 aromatic rings. The first-order valence-electron chi connectivity index (χ1n) is 6.69. The third-order valence-electron chi connectivity index (χ3n) is 3.14. The van der Waals surface area contributed by atoms with Gasteiger partial charge in [-0.05, 0) is 30.5 Å². The monoisotopic (exact) mass is 343 g/mol. The summed E-state index contributed by atoms with van der Waals surface area (Å²) in [7, 11) is 0. The van der Waals surface area contributed by atoms with E-state index in [2.05, 4.69) is 41.6 Å². The predicted octanol–water partition coefficient (Wildman–Crippen LogP) is 3.56. The number of nitrogens with zero attached hydrogens (tertiary/aromatic N) is 2. The summed E-state index contributed by atoms with van der Waals surface area (Å²) in [5, 5.41) is 11.3. The molecule has 20 heavy (non-hydrogen) atoms. The molecular weight excluding hydrogens is 322 g/mol. The number of hydrogen-bond acceptors (Lipinski definition) is 4. The quantitative estimate of drug-likeness (QED) is 0.606. The lowest BCUT2D eigenvalue weighted by molar-refractivity contribution is -0.384. The van der Waals surface area contributed by atoms with Gasteiger partial charge in [-0.2, -0.15) is 0 Å². The average molecular weight is 344 g/mol. The van der Waals surface area contributed by atoms with E-state index in [0.717, 1.165) is 13.0 Å². The molecule has 0 saturated heterocycles. The van der Waals surface area contributed by atoms with E-state index in [0.29, 0.717) is 23.2 Å². The van der Waals surface area contributed by atoms with E-state index < -0.39 is 0 Å². The summed E-state index contributed by atoms with van der Waals surface area (Å²) in [5.74, 6) is 0. The number of nitrogens with two attached hydrogens (primary N) is 1. The zero-order chi connectivity index (χ0) is 15.3. The van der Waals surface area contributed by atoms with Gasteiger partial charge >= 0.3 is 0 Å². The Balaban J connectivity index is 3.17. The fraction of sp³-hybridized carbons (Fsp3) is 0.571. The Labute approximate surface area is 128 Å². The van der Waals surface area contributed by atoms with Gasteiger partial charge < -0.3 is 10.6 Å². The summed E-state index contributed by atoms with van der Waals surface area (Å²) < 4.78 is 0.711. The van der Waals surface area contributed by atoms with Crippen molar-refractivity contribution >= 4 is 27.3 Å². The van der Waals surface area contributed by atoms with Crippen molar-refractivity contribution in [1.29, 1.82) is 0 Å². The summed E-state index contributed by atoms with van der Waals surface area (Å²) in [5.41, 5.74) is 6.48. The molecule has 112 valence electrons. The highest BCUT2D eigenvalue weighted by Crippen LogP contribution is 2.33. The van der Waals surface area contributed by atoms with Gasteiger partial charge in [0.25, 0.3) is 5.69 Å². The molecule has 0 aliphatic carbocycles. The number of hydrogen-bond donors (Lipinski definition) is 1. The van der Waals surface area contributed by atoms with E-state index in [1.54, 1.807) is 12.1 Å². The zero-order valence-electron chi connectivity index (χ0n) is 12.2. The van der Waals surface area contributed by atoms with Crippen LogP contribution in [0.4, 0.5) is 11.4 Å². The Morgan fingerprint density at radius 3 is 2.60 bits per heavy atom. The summed E-state index contributed by atoms with van der Waals surface area (Å²) in [6.07, 6.45) is 0.924.